The van der Waals surface area contributed by atoms with E-state index < -0.39 is 20.6 Å². The molecule has 0 radical (unpaired) electrons. The summed E-state index contributed by atoms with van der Waals surface area (Å²) in [5.41, 5.74) is -0.421. The number of halogens is 2. The van der Waals surface area contributed by atoms with E-state index in [4.69, 9.17) is 0 Å². The van der Waals surface area contributed by atoms with Gasteiger partial charge >= 0.3 is 0 Å². The lowest BCUT2D eigenvalue weighted by Gasteiger charge is -2.22. The molecule has 23 heavy (non-hydrogen) atoms. The zero-order valence-electron chi connectivity index (χ0n) is 12.3. The van der Waals surface area contributed by atoms with Crippen LogP contribution < -0.4 is 10.0 Å². The summed E-state index contributed by atoms with van der Waals surface area (Å²) in [4.78, 5) is 9.99. The summed E-state index contributed by atoms with van der Waals surface area (Å²) in [6.45, 7) is 2.17. The first-order chi connectivity index (χ1) is 10.4. The highest BCUT2D eigenvalue weighted by molar-refractivity contribution is 9.10. The minimum Gasteiger partial charge on any atom is -0.316 e. The lowest BCUT2D eigenvalue weighted by atomic mass is 9.96. The molecule has 2 rings (SSSR count). The average molecular weight is 429 g/mol. The molecule has 0 saturated carbocycles. The van der Waals surface area contributed by atoms with Gasteiger partial charge in [-0.25, -0.2) is 13.1 Å². The van der Waals surface area contributed by atoms with Crippen LogP contribution in [0.5, 0.6) is 0 Å². The minimum atomic E-state index is -3.90. The molecule has 7 nitrogen and oxygen atoms in total. The molecule has 1 aromatic carbocycles. The monoisotopic (exact) mass is 427 g/mol. The van der Waals surface area contributed by atoms with E-state index >= 15 is 0 Å². The van der Waals surface area contributed by atoms with E-state index in [1.54, 1.807) is 0 Å². The molecule has 1 unspecified atom stereocenters. The molecule has 1 heterocycles. The maximum Gasteiger partial charge on any atom is 0.289 e. The van der Waals surface area contributed by atoms with Crippen molar-refractivity contribution in [1.29, 1.82) is 0 Å². The van der Waals surface area contributed by atoms with E-state index in [-0.39, 0.29) is 23.8 Å². The van der Waals surface area contributed by atoms with Gasteiger partial charge in [0.05, 0.1) is 4.92 Å². The molecule has 0 bridgehead atoms. The van der Waals surface area contributed by atoms with Gasteiger partial charge in [0, 0.05) is 17.1 Å². The van der Waals surface area contributed by atoms with Crippen molar-refractivity contribution >= 4 is 44.0 Å². The van der Waals surface area contributed by atoms with E-state index in [2.05, 4.69) is 26.0 Å². The van der Waals surface area contributed by atoms with Crippen LogP contribution in [0.4, 0.5) is 5.69 Å². The Labute approximate surface area is 150 Å². The van der Waals surface area contributed by atoms with E-state index in [0.717, 1.165) is 25.9 Å². The predicted octanol–water partition coefficient (Wildman–Crippen LogP) is 2.45. The van der Waals surface area contributed by atoms with E-state index in [9.17, 15) is 18.5 Å². The highest BCUT2D eigenvalue weighted by Gasteiger charge is 2.26. The summed E-state index contributed by atoms with van der Waals surface area (Å²) in [6.07, 6.45) is 2.88. The zero-order valence-corrected chi connectivity index (χ0v) is 15.5. The van der Waals surface area contributed by atoms with Crippen LogP contribution in [-0.4, -0.2) is 33.0 Å². The van der Waals surface area contributed by atoms with Crippen LogP contribution in [0.15, 0.2) is 27.6 Å². The van der Waals surface area contributed by atoms with Crippen LogP contribution in [-0.2, 0) is 10.0 Å². The van der Waals surface area contributed by atoms with Crippen LogP contribution in [0.3, 0.4) is 0 Å². The predicted molar refractivity (Wildman–Crippen MR) is 93.4 cm³/mol. The Morgan fingerprint density at radius 1 is 1.43 bits per heavy atom. The van der Waals surface area contributed by atoms with Gasteiger partial charge in [-0.3, -0.25) is 10.1 Å². The maximum atomic E-state index is 12.3. The van der Waals surface area contributed by atoms with Gasteiger partial charge < -0.3 is 5.32 Å². The molecule has 1 aromatic rings. The Morgan fingerprint density at radius 2 is 2.17 bits per heavy atom. The lowest BCUT2D eigenvalue weighted by molar-refractivity contribution is -0.387. The van der Waals surface area contributed by atoms with E-state index in [1.165, 1.54) is 18.2 Å². The Kier molecular flexibility index (Phi) is 7.88. The third-order valence-electron chi connectivity index (χ3n) is 3.65. The molecule has 0 aromatic heterocycles. The largest absolute Gasteiger partial charge is 0.316 e. The fraction of sp³-hybridized carbons (Fsp3) is 0.538. The van der Waals surface area contributed by atoms with Crippen molar-refractivity contribution in [1.82, 2.24) is 10.0 Å². The average Bonchev–Trinajstić information content (AvgIpc) is 2.47. The van der Waals surface area contributed by atoms with Crippen molar-refractivity contribution in [2.75, 3.05) is 19.6 Å². The van der Waals surface area contributed by atoms with E-state index in [0.29, 0.717) is 16.8 Å². The number of hydrogen-bond acceptors (Lipinski definition) is 5. The molecule has 0 aliphatic carbocycles. The van der Waals surface area contributed by atoms with Crippen LogP contribution in [0.2, 0.25) is 0 Å². The number of nitrogens with zero attached hydrogens (tertiary/aromatic N) is 1. The van der Waals surface area contributed by atoms with Crippen molar-refractivity contribution in [3.63, 3.8) is 0 Å². The fourth-order valence-corrected chi connectivity index (χ4v) is 4.25. The third kappa shape index (κ3) is 5.68. The van der Waals surface area contributed by atoms with Crippen molar-refractivity contribution in [2.45, 2.75) is 24.2 Å². The number of rotatable bonds is 6. The minimum absolute atomic E-state index is 0. The number of nitrogens with one attached hydrogen (secondary N) is 2. The third-order valence-corrected chi connectivity index (χ3v) is 5.64. The molecule has 2 N–H and O–H groups in total. The molecule has 1 fully saturated rings. The van der Waals surface area contributed by atoms with Crippen LogP contribution in [0.25, 0.3) is 0 Å². The molecule has 0 amide bonds. The van der Waals surface area contributed by atoms with Crippen LogP contribution in [0.1, 0.15) is 19.3 Å². The fourth-order valence-electron chi connectivity index (χ4n) is 2.50. The number of piperidine rings is 1. The van der Waals surface area contributed by atoms with Gasteiger partial charge in [-0.05, 0) is 50.4 Å². The summed E-state index contributed by atoms with van der Waals surface area (Å²) >= 11 is 3.15. The Balaban J connectivity index is 0.00000264. The standard InChI is InChI=1S/C13H18BrN3O4S.ClH/c14-11-3-4-12(17(18)19)13(8-11)22(20,21)16-7-5-10-2-1-6-15-9-10;/h3-4,8,10,15-16H,1-2,5-7,9H2;1H. The molecule has 130 valence electrons. The first-order valence-electron chi connectivity index (χ1n) is 7.04. The van der Waals surface area contributed by atoms with Crippen LogP contribution in [0, 0.1) is 16.0 Å². The van der Waals surface area contributed by atoms with Crippen molar-refractivity contribution < 1.29 is 13.3 Å². The second-order valence-corrected chi connectivity index (χ2v) is 7.92. The zero-order chi connectivity index (χ0) is 16.2. The molecular formula is C13H19BrClN3O4S. The number of hydrogen-bond donors (Lipinski definition) is 2. The topological polar surface area (TPSA) is 101 Å². The van der Waals surface area contributed by atoms with Gasteiger partial charge in [0.15, 0.2) is 4.90 Å². The normalized spacial score (nSPS) is 18.2. The molecule has 10 heteroatoms. The SMILES string of the molecule is Cl.O=[N+]([O-])c1ccc(Br)cc1S(=O)(=O)NCCC1CCCNC1. The van der Waals surface area contributed by atoms with Gasteiger partial charge in [-0.1, -0.05) is 15.9 Å². The molecule has 1 aliphatic heterocycles. The quantitative estimate of drug-likeness (QED) is 0.535. The van der Waals surface area contributed by atoms with Gasteiger partial charge in [0.2, 0.25) is 10.0 Å². The highest BCUT2D eigenvalue weighted by Crippen LogP contribution is 2.27. The van der Waals surface area contributed by atoms with Gasteiger partial charge in [0.25, 0.3) is 5.69 Å². The summed E-state index contributed by atoms with van der Waals surface area (Å²) in [5.74, 6) is 0.439. The second kappa shape index (κ2) is 8.93. The summed E-state index contributed by atoms with van der Waals surface area (Å²) in [6, 6.07) is 3.89. The number of sulfonamides is 1. The summed E-state index contributed by atoms with van der Waals surface area (Å²) in [5, 5.41) is 14.3. The van der Waals surface area contributed by atoms with Crippen molar-refractivity contribution in [3.8, 4) is 0 Å². The van der Waals surface area contributed by atoms with Crippen LogP contribution >= 0.6 is 28.3 Å². The number of nitro benzene ring substituents is 1. The Bertz CT molecular complexity index is 651. The smallest absolute Gasteiger partial charge is 0.289 e. The molecule has 0 spiro atoms. The van der Waals surface area contributed by atoms with Gasteiger partial charge in [0.1, 0.15) is 0 Å². The first-order valence-corrected chi connectivity index (χ1v) is 9.32. The van der Waals surface area contributed by atoms with E-state index in [1.807, 2.05) is 0 Å². The lowest BCUT2D eigenvalue weighted by Crippen LogP contribution is -2.33. The first kappa shape index (κ1) is 20.3. The molecule has 1 saturated heterocycles. The summed E-state index contributed by atoms with van der Waals surface area (Å²) < 4.78 is 27.5. The highest BCUT2D eigenvalue weighted by atomic mass is 79.9. The Morgan fingerprint density at radius 3 is 2.78 bits per heavy atom. The molecular weight excluding hydrogens is 410 g/mol. The van der Waals surface area contributed by atoms with Crippen molar-refractivity contribution in [2.24, 2.45) is 5.92 Å². The number of benzene rings is 1. The molecule has 1 atom stereocenters. The molecule has 1 aliphatic rings. The Hall–Kier alpha value is -0.740. The number of nitro groups is 1. The maximum absolute atomic E-state index is 12.3. The second-order valence-electron chi connectivity index (χ2n) is 5.27. The van der Waals surface area contributed by atoms with Gasteiger partial charge in [-0.15, -0.1) is 12.4 Å². The van der Waals surface area contributed by atoms with Gasteiger partial charge in [-0.2, -0.15) is 0 Å². The van der Waals surface area contributed by atoms with Crippen molar-refractivity contribution in [3.05, 3.63) is 32.8 Å². The summed E-state index contributed by atoms with van der Waals surface area (Å²) in [7, 11) is -3.90.